The number of nitro groups is 1. The lowest BCUT2D eigenvalue weighted by atomic mass is 10.2. The highest BCUT2D eigenvalue weighted by Crippen LogP contribution is 2.24. The lowest BCUT2D eigenvalue weighted by molar-refractivity contribution is -0.384. The summed E-state index contributed by atoms with van der Waals surface area (Å²) in [4.78, 5) is 20.8. The molecule has 0 aliphatic rings. The molecule has 1 aromatic carbocycles. The first-order chi connectivity index (χ1) is 8.56. The molecule has 18 heavy (non-hydrogen) atoms. The van der Waals surface area contributed by atoms with Crippen LogP contribution in [0.1, 0.15) is 10.4 Å². The summed E-state index contributed by atoms with van der Waals surface area (Å²) in [5.41, 5.74) is -0.572. The van der Waals surface area contributed by atoms with Crippen molar-refractivity contribution in [2.75, 3.05) is 6.61 Å². The van der Waals surface area contributed by atoms with E-state index in [9.17, 15) is 14.9 Å². The van der Waals surface area contributed by atoms with Gasteiger partial charge in [-0.2, -0.15) is 0 Å². The number of carboxylic acids is 1. The van der Waals surface area contributed by atoms with Crippen molar-refractivity contribution in [3.05, 3.63) is 46.0 Å². The van der Waals surface area contributed by atoms with Gasteiger partial charge < -0.3 is 9.84 Å². The fourth-order valence-electron chi connectivity index (χ4n) is 1.18. The van der Waals surface area contributed by atoms with Gasteiger partial charge in [-0.1, -0.05) is 5.92 Å². The molecule has 0 saturated carbocycles. The second-order valence-electron chi connectivity index (χ2n) is 3.12. The number of nitro benzene ring substituents is 1. The quantitative estimate of drug-likeness (QED) is 0.487. The fourth-order valence-corrected chi connectivity index (χ4v) is 1.18. The predicted octanol–water partition coefficient (Wildman–Crippen LogP) is 1.86. The number of non-ortho nitro benzene ring substituents is 1. The summed E-state index contributed by atoms with van der Waals surface area (Å²) in [5.74, 6) is 1.00. The Morgan fingerprint density at radius 2 is 2.33 bits per heavy atom. The molecule has 0 aromatic heterocycles. The van der Waals surface area contributed by atoms with Crippen LogP contribution in [0.2, 0.25) is 0 Å². The van der Waals surface area contributed by atoms with Crippen molar-refractivity contribution in [1.82, 2.24) is 0 Å². The number of ether oxygens (including phenoxy) is 1. The van der Waals surface area contributed by atoms with E-state index in [0.717, 1.165) is 6.07 Å². The van der Waals surface area contributed by atoms with Gasteiger partial charge in [0.05, 0.1) is 4.92 Å². The number of nitrogens with zero attached hydrogens (tertiary/aromatic N) is 1. The van der Waals surface area contributed by atoms with Crippen LogP contribution in [0.4, 0.5) is 5.69 Å². The lowest BCUT2D eigenvalue weighted by Crippen LogP contribution is -2.04. The highest BCUT2D eigenvalue weighted by molar-refractivity contribution is 5.91. The van der Waals surface area contributed by atoms with Gasteiger partial charge in [0.15, 0.2) is 0 Å². The maximum absolute atomic E-state index is 10.9. The van der Waals surface area contributed by atoms with Crippen LogP contribution in [0, 0.1) is 22.5 Å². The number of carboxylic acid groups (broad SMARTS) is 1. The third kappa shape index (κ3) is 3.35. The molecular weight excluding hydrogens is 238 g/mol. The molecule has 0 aliphatic carbocycles. The Kier molecular flexibility index (Phi) is 4.46. The summed E-state index contributed by atoms with van der Waals surface area (Å²) < 4.78 is 5.15. The number of benzene rings is 1. The second kappa shape index (κ2) is 6.06. The number of hydrogen-bond donors (Lipinski definition) is 1. The standard InChI is InChI=1S/C12H9NO5/c1-2-3-4-7-18-11-6-5-9(13(16)17)8-10(11)12(14)15/h1,3-6,8H,7H2,(H,14,15)/b4-3-. The Labute approximate surface area is 103 Å². The van der Waals surface area contributed by atoms with Crippen LogP contribution < -0.4 is 4.74 Å². The topological polar surface area (TPSA) is 89.7 Å². The van der Waals surface area contributed by atoms with E-state index in [0.29, 0.717) is 0 Å². The number of terminal acetylenes is 1. The summed E-state index contributed by atoms with van der Waals surface area (Å²) in [7, 11) is 0. The number of hydrogen-bond acceptors (Lipinski definition) is 4. The van der Waals surface area contributed by atoms with Crippen LogP contribution in [0.25, 0.3) is 0 Å². The maximum Gasteiger partial charge on any atom is 0.339 e. The van der Waals surface area contributed by atoms with Crippen molar-refractivity contribution in [2.45, 2.75) is 0 Å². The number of rotatable bonds is 5. The molecule has 1 N–H and O–H groups in total. The highest BCUT2D eigenvalue weighted by Gasteiger charge is 2.16. The minimum absolute atomic E-state index is 0.0507. The Hall–Kier alpha value is -2.81. The van der Waals surface area contributed by atoms with Crippen LogP contribution >= 0.6 is 0 Å². The van der Waals surface area contributed by atoms with E-state index in [-0.39, 0.29) is 23.6 Å². The van der Waals surface area contributed by atoms with E-state index in [1.165, 1.54) is 24.3 Å². The van der Waals surface area contributed by atoms with Crippen molar-refractivity contribution in [1.29, 1.82) is 0 Å². The van der Waals surface area contributed by atoms with Gasteiger partial charge in [-0.25, -0.2) is 4.79 Å². The van der Waals surface area contributed by atoms with Gasteiger partial charge in [0.1, 0.15) is 17.9 Å². The van der Waals surface area contributed by atoms with E-state index < -0.39 is 10.9 Å². The van der Waals surface area contributed by atoms with Gasteiger partial charge in [0.25, 0.3) is 5.69 Å². The molecule has 0 fully saturated rings. The van der Waals surface area contributed by atoms with Crippen LogP contribution in [0.5, 0.6) is 5.75 Å². The van der Waals surface area contributed by atoms with E-state index in [4.69, 9.17) is 16.3 Å². The smallest absolute Gasteiger partial charge is 0.339 e. The second-order valence-corrected chi connectivity index (χ2v) is 3.12. The molecule has 0 radical (unpaired) electrons. The molecule has 0 saturated heterocycles. The molecule has 0 unspecified atom stereocenters. The van der Waals surface area contributed by atoms with Gasteiger partial charge in [-0.15, -0.1) is 6.42 Å². The molecule has 1 aromatic rings. The normalized spacial score (nSPS) is 9.94. The zero-order chi connectivity index (χ0) is 13.5. The third-order valence-corrected chi connectivity index (χ3v) is 1.95. The first kappa shape index (κ1) is 13.3. The van der Waals surface area contributed by atoms with Crippen molar-refractivity contribution < 1.29 is 19.6 Å². The van der Waals surface area contributed by atoms with Crippen molar-refractivity contribution in [3.8, 4) is 18.1 Å². The van der Waals surface area contributed by atoms with Crippen molar-refractivity contribution in [2.24, 2.45) is 0 Å². The van der Waals surface area contributed by atoms with Crippen LogP contribution in [0.15, 0.2) is 30.4 Å². The summed E-state index contributed by atoms with van der Waals surface area (Å²) in [6, 6.07) is 3.36. The Morgan fingerprint density at radius 1 is 1.61 bits per heavy atom. The van der Waals surface area contributed by atoms with Crippen molar-refractivity contribution in [3.63, 3.8) is 0 Å². The molecular formula is C12H9NO5. The van der Waals surface area contributed by atoms with Crippen LogP contribution in [0.3, 0.4) is 0 Å². The molecule has 92 valence electrons. The Bertz CT molecular complexity index is 542. The zero-order valence-electron chi connectivity index (χ0n) is 9.20. The monoisotopic (exact) mass is 247 g/mol. The molecule has 0 bridgehead atoms. The first-order valence-electron chi connectivity index (χ1n) is 4.82. The maximum atomic E-state index is 10.9. The largest absolute Gasteiger partial charge is 0.489 e. The van der Waals surface area contributed by atoms with E-state index in [2.05, 4.69) is 5.92 Å². The van der Waals surface area contributed by atoms with Crippen LogP contribution in [-0.4, -0.2) is 22.6 Å². The Morgan fingerprint density at radius 3 is 2.89 bits per heavy atom. The predicted molar refractivity (Wildman–Crippen MR) is 63.5 cm³/mol. The minimum atomic E-state index is -1.30. The van der Waals surface area contributed by atoms with Gasteiger partial charge in [0, 0.05) is 12.1 Å². The minimum Gasteiger partial charge on any atom is -0.489 e. The zero-order valence-corrected chi connectivity index (χ0v) is 9.20. The summed E-state index contributed by atoms with van der Waals surface area (Å²) in [6.07, 6.45) is 7.91. The van der Waals surface area contributed by atoms with E-state index in [1.54, 1.807) is 0 Å². The molecule has 0 heterocycles. The molecule has 0 amide bonds. The van der Waals surface area contributed by atoms with Crippen LogP contribution in [-0.2, 0) is 0 Å². The summed E-state index contributed by atoms with van der Waals surface area (Å²) in [6.45, 7) is 0.0856. The van der Waals surface area contributed by atoms with Gasteiger partial charge in [-0.05, 0) is 18.2 Å². The van der Waals surface area contributed by atoms with Gasteiger partial charge >= 0.3 is 5.97 Å². The average molecular weight is 247 g/mol. The molecule has 0 aliphatic heterocycles. The molecule has 6 heteroatoms. The SMILES string of the molecule is C#C/C=C\COc1ccc([N+](=O)[O-])cc1C(=O)O. The fraction of sp³-hybridized carbons (Fsp3) is 0.0833. The number of allylic oxidation sites excluding steroid dienone is 1. The molecule has 1 rings (SSSR count). The van der Waals surface area contributed by atoms with Crippen molar-refractivity contribution >= 4 is 11.7 Å². The summed E-state index contributed by atoms with van der Waals surface area (Å²) in [5, 5.41) is 19.4. The number of carbonyl (C=O) groups is 1. The Balaban J connectivity index is 2.98. The molecule has 0 atom stereocenters. The molecule has 6 nitrogen and oxygen atoms in total. The average Bonchev–Trinajstić information content (AvgIpc) is 2.34. The van der Waals surface area contributed by atoms with E-state index >= 15 is 0 Å². The van der Waals surface area contributed by atoms with E-state index in [1.807, 2.05) is 0 Å². The number of aromatic carboxylic acids is 1. The highest BCUT2D eigenvalue weighted by atomic mass is 16.6. The summed E-state index contributed by atoms with van der Waals surface area (Å²) >= 11 is 0. The first-order valence-corrected chi connectivity index (χ1v) is 4.82. The third-order valence-electron chi connectivity index (χ3n) is 1.95. The molecule has 0 spiro atoms. The lowest BCUT2D eigenvalue weighted by Gasteiger charge is -2.06. The van der Waals surface area contributed by atoms with Gasteiger partial charge in [0.2, 0.25) is 0 Å². The van der Waals surface area contributed by atoms with Gasteiger partial charge in [-0.3, -0.25) is 10.1 Å².